The first kappa shape index (κ1) is 15.1. The van der Waals surface area contributed by atoms with Gasteiger partial charge in [0.15, 0.2) is 0 Å². The molecule has 0 spiro atoms. The zero-order valence-electron chi connectivity index (χ0n) is 11.9. The lowest BCUT2D eigenvalue weighted by Gasteiger charge is -2.05. The van der Waals surface area contributed by atoms with Gasteiger partial charge in [0.1, 0.15) is 5.75 Å². The van der Waals surface area contributed by atoms with Crippen molar-refractivity contribution in [3.8, 4) is 5.75 Å². The molecule has 1 N–H and O–H groups in total. The van der Waals surface area contributed by atoms with Gasteiger partial charge < -0.3 is 10.1 Å². The highest BCUT2D eigenvalue weighted by Gasteiger charge is 2.02. The van der Waals surface area contributed by atoms with Gasteiger partial charge in [0.05, 0.1) is 7.11 Å². The molecule has 0 aliphatic rings. The number of methoxy groups -OCH3 is 1. The molecule has 21 heavy (non-hydrogen) atoms. The normalized spacial score (nSPS) is 10.6. The number of amides is 1. The van der Waals surface area contributed by atoms with Crippen LogP contribution in [0.5, 0.6) is 5.75 Å². The fourth-order valence-electron chi connectivity index (χ4n) is 1.82. The van der Waals surface area contributed by atoms with Crippen LogP contribution in [0.3, 0.4) is 0 Å². The molecule has 0 bridgehead atoms. The maximum atomic E-state index is 11.9. The fraction of sp³-hybridized carbons (Fsp3) is 0.118. The molecule has 2 rings (SSSR count). The third-order valence-electron chi connectivity index (χ3n) is 2.99. The quantitative estimate of drug-likeness (QED) is 0.855. The Bertz CT molecular complexity index is 680. The van der Waals surface area contributed by atoms with Crippen LogP contribution < -0.4 is 10.1 Å². The van der Waals surface area contributed by atoms with Crippen LogP contribution in [0, 0.1) is 6.92 Å². The summed E-state index contributed by atoms with van der Waals surface area (Å²) in [5.41, 5.74) is 2.48. The van der Waals surface area contributed by atoms with Crippen LogP contribution in [0.15, 0.2) is 48.5 Å². The molecule has 0 saturated carbocycles. The van der Waals surface area contributed by atoms with E-state index < -0.39 is 0 Å². The van der Waals surface area contributed by atoms with Gasteiger partial charge >= 0.3 is 0 Å². The van der Waals surface area contributed by atoms with Crippen LogP contribution in [0.2, 0.25) is 5.02 Å². The van der Waals surface area contributed by atoms with Crippen molar-refractivity contribution in [3.63, 3.8) is 0 Å². The molecule has 1 amide bonds. The summed E-state index contributed by atoms with van der Waals surface area (Å²) in [6.45, 7) is 1.91. The molecule has 0 fully saturated rings. The molecule has 2 aromatic rings. The van der Waals surface area contributed by atoms with Crippen LogP contribution in [0.25, 0.3) is 6.08 Å². The summed E-state index contributed by atoms with van der Waals surface area (Å²) >= 11 is 6.02. The van der Waals surface area contributed by atoms with Crippen LogP contribution in [0.4, 0.5) is 5.69 Å². The Morgan fingerprint density at radius 1 is 1.24 bits per heavy atom. The standard InChI is InChI=1S/C17H16ClNO2/c1-12-7-9-14(11-15(12)18)19-17(20)10-8-13-5-3-4-6-16(13)21-2/h3-11H,1-2H3,(H,19,20). The molecule has 0 radical (unpaired) electrons. The third-order valence-corrected chi connectivity index (χ3v) is 3.40. The molecule has 0 saturated heterocycles. The highest BCUT2D eigenvalue weighted by atomic mass is 35.5. The van der Waals surface area contributed by atoms with E-state index in [4.69, 9.17) is 16.3 Å². The van der Waals surface area contributed by atoms with E-state index in [1.165, 1.54) is 6.08 Å². The van der Waals surface area contributed by atoms with E-state index >= 15 is 0 Å². The molecule has 0 atom stereocenters. The molecule has 2 aromatic carbocycles. The zero-order chi connectivity index (χ0) is 15.2. The predicted molar refractivity (Wildman–Crippen MR) is 86.8 cm³/mol. The SMILES string of the molecule is COc1ccccc1C=CC(=O)Nc1ccc(C)c(Cl)c1. The number of nitrogens with one attached hydrogen (secondary N) is 1. The Morgan fingerprint density at radius 2 is 2.00 bits per heavy atom. The lowest BCUT2D eigenvalue weighted by molar-refractivity contribution is -0.111. The number of ether oxygens (including phenoxy) is 1. The fourth-order valence-corrected chi connectivity index (χ4v) is 2.00. The smallest absolute Gasteiger partial charge is 0.248 e. The van der Waals surface area contributed by atoms with Gasteiger partial charge in [-0.05, 0) is 36.8 Å². The van der Waals surface area contributed by atoms with Crippen molar-refractivity contribution in [1.29, 1.82) is 0 Å². The number of hydrogen-bond acceptors (Lipinski definition) is 2. The molecule has 4 heteroatoms. The van der Waals surface area contributed by atoms with E-state index in [0.29, 0.717) is 10.7 Å². The Labute approximate surface area is 129 Å². The number of carbonyl (C=O) groups is 1. The van der Waals surface area contributed by atoms with E-state index in [-0.39, 0.29) is 5.91 Å². The topological polar surface area (TPSA) is 38.3 Å². The molecule has 0 unspecified atom stereocenters. The van der Waals surface area contributed by atoms with Gasteiger partial charge in [0.25, 0.3) is 0 Å². The average Bonchev–Trinajstić information content (AvgIpc) is 2.49. The summed E-state index contributed by atoms with van der Waals surface area (Å²) in [7, 11) is 1.60. The molecule has 108 valence electrons. The molecule has 0 aliphatic carbocycles. The van der Waals surface area contributed by atoms with Gasteiger partial charge in [-0.2, -0.15) is 0 Å². The molecule has 0 aliphatic heterocycles. The van der Waals surface area contributed by atoms with Crippen molar-refractivity contribution < 1.29 is 9.53 Å². The molecule has 0 heterocycles. The maximum Gasteiger partial charge on any atom is 0.248 e. The van der Waals surface area contributed by atoms with Gasteiger partial charge in [-0.3, -0.25) is 4.79 Å². The number of hydrogen-bond donors (Lipinski definition) is 1. The highest BCUT2D eigenvalue weighted by molar-refractivity contribution is 6.31. The van der Waals surface area contributed by atoms with Crippen LogP contribution in [-0.2, 0) is 4.79 Å². The van der Waals surface area contributed by atoms with Crippen molar-refractivity contribution in [2.75, 3.05) is 12.4 Å². The van der Waals surface area contributed by atoms with Gasteiger partial charge in [-0.1, -0.05) is 35.9 Å². The number of benzene rings is 2. The monoisotopic (exact) mass is 301 g/mol. The minimum atomic E-state index is -0.221. The number of anilines is 1. The van der Waals surface area contributed by atoms with E-state index in [1.54, 1.807) is 19.3 Å². The number of rotatable bonds is 4. The molecular weight excluding hydrogens is 286 g/mol. The van der Waals surface area contributed by atoms with Crippen molar-refractivity contribution in [2.24, 2.45) is 0 Å². The Kier molecular flexibility index (Phi) is 5.01. The van der Waals surface area contributed by atoms with Crippen LogP contribution >= 0.6 is 11.6 Å². The summed E-state index contributed by atoms with van der Waals surface area (Å²) in [4.78, 5) is 11.9. The second kappa shape index (κ2) is 6.95. The maximum absolute atomic E-state index is 11.9. The van der Waals surface area contributed by atoms with E-state index in [0.717, 1.165) is 16.9 Å². The van der Waals surface area contributed by atoms with Crippen molar-refractivity contribution in [2.45, 2.75) is 6.92 Å². The second-order valence-corrected chi connectivity index (χ2v) is 4.94. The zero-order valence-corrected chi connectivity index (χ0v) is 12.6. The van der Waals surface area contributed by atoms with Gasteiger partial charge in [-0.25, -0.2) is 0 Å². The van der Waals surface area contributed by atoms with Gasteiger partial charge in [0, 0.05) is 22.3 Å². The molecule has 0 aromatic heterocycles. The van der Waals surface area contributed by atoms with Crippen molar-refractivity contribution in [3.05, 3.63) is 64.7 Å². The number of halogens is 1. The first-order chi connectivity index (χ1) is 10.1. The summed E-state index contributed by atoms with van der Waals surface area (Å²) < 4.78 is 5.22. The predicted octanol–water partition coefficient (Wildman–Crippen LogP) is 4.31. The first-order valence-corrected chi connectivity index (χ1v) is 6.86. The Hall–Kier alpha value is -2.26. The highest BCUT2D eigenvalue weighted by Crippen LogP contribution is 2.21. The summed E-state index contributed by atoms with van der Waals surface area (Å²) in [6, 6.07) is 12.9. The first-order valence-electron chi connectivity index (χ1n) is 6.48. The number of para-hydroxylation sites is 1. The summed E-state index contributed by atoms with van der Waals surface area (Å²) in [6.07, 6.45) is 3.18. The summed E-state index contributed by atoms with van der Waals surface area (Å²) in [5, 5.41) is 3.39. The number of aryl methyl sites for hydroxylation is 1. The molecular formula is C17H16ClNO2. The van der Waals surface area contributed by atoms with Crippen molar-refractivity contribution >= 4 is 29.3 Å². The largest absolute Gasteiger partial charge is 0.496 e. The molecule has 3 nitrogen and oxygen atoms in total. The minimum Gasteiger partial charge on any atom is -0.496 e. The summed E-state index contributed by atoms with van der Waals surface area (Å²) in [5.74, 6) is 0.501. The Balaban J connectivity index is 2.07. The van der Waals surface area contributed by atoms with Gasteiger partial charge in [-0.15, -0.1) is 0 Å². The Morgan fingerprint density at radius 3 is 2.71 bits per heavy atom. The lowest BCUT2D eigenvalue weighted by Crippen LogP contribution is -2.07. The number of carbonyl (C=O) groups excluding carboxylic acids is 1. The van der Waals surface area contributed by atoms with Crippen LogP contribution in [0.1, 0.15) is 11.1 Å². The van der Waals surface area contributed by atoms with Crippen molar-refractivity contribution in [1.82, 2.24) is 0 Å². The third kappa shape index (κ3) is 4.10. The van der Waals surface area contributed by atoms with Gasteiger partial charge in [0.2, 0.25) is 5.91 Å². The minimum absolute atomic E-state index is 0.221. The lowest BCUT2D eigenvalue weighted by atomic mass is 10.2. The van der Waals surface area contributed by atoms with E-state index in [9.17, 15) is 4.79 Å². The van der Waals surface area contributed by atoms with E-state index in [1.807, 2.05) is 43.3 Å². The second-order valence-electron chi connectivity index (χ2n) is 4.53. The van der Waals surface area contributed by atoms with E-state index in [2.05, 4.69) is 5.32 Å². The average molecular weight is 302 g/mol. The van der Waals surface area contributed by atoms with Crippen LogP contribution in [-0.4, -0.2) is 13.0 Å².